The lowest BCUT2D eigenvalue weighted by atomic mass is 10.2. The van der Waals surface area contributed by atoms with Crippen LogP contribution in [0.4, 0.5) is 0 Å². The number of carbonyl (C=O) groups is 2. The summed E-state index contributed by atoms with van der Waals surface area (Å²) in [6, 6.07) is 16.7. The van der Waals surface area contributed by atoms with E-state index in [9.17, 15) is 9.59 Å². The fraction of sp³-hybridized carbons (Fsp3) is 0.125. The Labute approximate surface area is 141 Å². The van der Waals surface area contributed by atoms with Gasteiger partial charge in [-0.05, 0) is 47.1 Å². The van der Waals surface area contributed by atoms with Crippen molar-refractivity contribution in [1.29, 1.82) is 0 Å². The Morgan fingerprint density at radius 3 is 2.32 bits per heavy atom. The topological polar surface area (TPSA) is 58.2 Å². The van der Waals surface area contributed by atoms with Crippen LogP contribution in [0.1, 0.15) is 17.3 Å². The molecule has 1 atom stereocenters. The average Bonchev–Trinajstić information content (AvgIpc) is 2.53. The third kappa shape index (κ3) is 4.61. The van der Waals surface area contributed by atoms with Gasteiger partial charge in [-0.1, -0.05) is 30.3 Å². The second kappa shape index (κ2) is 8.00. The first-order valence-corrected chi connectivity index (χ1v) is 8.31. The first-order valence-electron chi connectivity index (χ1n) is 6.64. The molecule has 0 unspecified atom stereocenters. The van der Waals surface area contributed by atoms with Gasteiger partial charge in [-0.15, -0.1) is 11.8 Å². The first kappa shape index (κ1) is 16.6. The van der Waals surface area contributed by atoms with Crippen LogP contribution in [0, 0.1) is 0 Å². The standard InChI is InChI=1S/C16H15BrN2O2S/c1-11(22-12-7-3-2-4-8-12)15(20)18-19-16(21)13-9-5-6-10-14(13)17/h2-11H,1H3,(H,18,20)(H,19,21)/t11-/m0/s1. The summed E-state index contributed by atoms with van der Waals surface area (Å²) < 4.78 is 0.674. The predicted molar refractivity (Wildman–Crippen MR) is 91.5 cm³/mol. The lowest BCUT2D eigenvalue weighted by Gasteiger charge is -2.13. The number of benzene rings is 2. The molecule has 6 heteroatoms. The monoisotopic (exact) mass is 378 g/mol. The molecule has 0 aliphatic carbocycles. The molecule has 4 nitrogen and oxygen atoms in total. The Balaban J connectivity index is 1.87. The molecule has 2 aromatic rings. The van der Waals surface area contributed by atoms with Crippen LogP contribution in [0.3, 0.4) is 0 Å². The van der Waals surface area contributed by atoms with Gasteiger partial charge < -0.3 is 0 Å². The summed E-state index contributed by atoms with van der Waals surface area (Å²) in [6.45, 7) is 1.79. The van der Waals surface area contributed by atoms with Gasteiger partial charge in [-0.3, -0.25) is 20.4 Å². The van der Waals surface area contributed by atoms with Crippen LogP contribution in [0.15, 0.2) is 64.0 Å². The number of carbonyl (C=O) groups excluding carboxylic acids is 2. The van der Waals surface area contributed by atoms with Crippen LogP contribution < -0.4 is 10.9 Å². The van der Waals surface area contributed by atoms with E-state index in [1.807, 2.05) is 36.4 Å². The Hall–Kier alpha value is -1.79. The highest BCUT2D eigenvalue weighted by Crippen LogP contribution is 2.22. The number of halogens is 1. The number of nitrogens with one attached hydrogen (secondary N) is 2. The summed E-state index contributed by atoms with van der Waals surface area (Å²) in [7, 11) is 0. The molecule has 0 radical (unpaired) electrons. The van der Waals surface area contributed by atoms with Crippen molar-refractivity contribution in [3.8, 4) is 0 Å². The molecule has 2 aromatic carbocycles. The highest BCUT2D eigenvalue weighted by atomic mass is 79.9. The van der Waals surface area contributed by atoms with Crippen molar-refractivity contribution in [2.75, 3.05) is 0 Å². The summed E-state index contributed by atoms with van der Waals surface area (Å²) in [5, 5.41) is -0.318. The molecule has 2 N–H and O–H groups in total. The fourth-order valence-electron chi connectivity index (χ4n) is 1.69. The van der Waals surface area contributed by atoms with Gasteiger partial charge in [0.25, 0.3) is 11.8 Å². The van der Waals surface area contributed by atoms with Gasteiger partial charge in [0.2, 0.25) is 0 Å². The average molecular weight is 379 g/mol. The number of thioether (sulfide) groups is 1. The normalized spacial score (nSPS) is 11.5. The second-order valence-corrected chi connectivity index (χ2v) is 6.76. The Morgan fingerprint density at radius 2 is 1.64 bits per heavy atom. The highest BCUT2D eigenvalue weighted by Gasteiger charge is 2.16. The number of hydrogen-bond donors (Lipinski definition) is 2. The number of amides is 2. The molecule has 0 aliphatic rings. The molecule has 0 heterocycles. The van der Waals surface area contributed by atoms with Crippen molar-refractivity contribution < 1.29 is 9.59 Å². The van der Waals surface area contributed by atoms with Gasteiger partial charge >= 0.3 is 0 Å². The zero-order valence-electron chi connectivity index (χ0n) is 11.9. The van der Waals surface area contributed by atoms with Crippen LogP contribution in [0.2, 0.25) is 0 Å². The van der Waals surface area contributed by atoms with E-state index < -0.39 is 0 Å². The fourth-order valence-corrected chi connectivity index (χ4v) is 3.04. The zero-order chi connectivity index (χ0) is 15.9. The van der Waals surface area contributed by atoms with Gasteiger partial charge in [0.1, 0.15) is 0 Å². The van der Waals surface area contributed by atoms with Crippen LogP contribution in [0.5, 0.6) is 0 Å². The van der Waals surface area contributed by atoms with Gasteiger partial charge in [-0.2, -0.15) is 0 Å². The summed E-state index contributed by atoms with van der Waals surface area (Å²) in [5.74, 6) is -0.619. The molecule has 0 saturated carbocycles. The Kier molecular flexibility index (Phi) is 6.03. The second-order valence-electron chi connectivity index (χ2n) is 4.50. The quantitative estimate of drug-likeness (QED) is 0.633. The van der Waals surface area contributed by atoms with Gasteiger partial charge in [0, 0.05) is 9.37 Å². The van der Waals surface area contributed by atoms with Crippen molar-refractivity contribution in [2.24, 2.45) is 0 Å². The smallest absolute Gasteiger partial charge is 0.270 e. The van der Waals surface area contributed by atoms with Gasteiger partial charge in [0.05, 0.1) is 10.8 Å². The molecular weight excluding hydrogens is 364 g/mol. The predicted octanol–water partition coefficient (Wildman–Crippen LogP) is 3.39. The molecule has 2 amide bonds. The molecule has 2 rings (SSSR count). The maximum absolute atomic E-state index is 12.0. The van der Waals surface area contributed by atoms with Crippen molar-refractivity contribution in [2.45, 2.75) is 17.1 Å². The zero-order valence-corrected chi connectivity index (χ0v) is 14.3. The molecule has 0 bridgehead atoms. The maximum Gasteiger partial charge on any atom is 0.270 e. The molecule has 0 spiro atoms. The number of hydrazine groups is 1. The minimum atomic E-state index is -0.363. The minimum Gasteiger partial charge on any atom is -0.272 e. The first-order chi connectivity index (χ1) is 10.6. The van der Waals surface area contributed by atoms with E-state index in [-0.39, 0.29) is 17.1 Å². The molecule has 0 aliphatic heterocycles. The van der Waals surface area contributed by atoms with E-state index in [2.05, 4.69) is 26.8 Å². The lowest BCUT2D eigenvalue weighted by molar-refractivity contribution is -0.121. The van der Waals surface area contributed by atoms with E-state index in [1.54, 1.807) is 25.1 Å². The van der Waals surface area contributed by atoms with E-state index in [0.29, 0.717) is 10.0 Å². The molecule has 22 heavy (non-hydrogen) atoms. The van der Waals surface area contributed by atoms with Crippen molar-refractivity contribution in [1.82, 2.24) is 10.9 Å². The van der Waals surface area contributed by atoms with E-state index in [0.717, 1.165) is 4.90 Å². The van der Waals surface area contributed by atoms with Crippen LogP contribution in [0.25, 0.3) is 0 Å². The van der Waals surface area contributed by atoms with Crippen molar-refractivity contribution >= 4 is 39.5 Å². The third-order valence-corrected chi connectivity index (χ3v) is 4.65. The Morgan fingerprint density at radius 1 is 1.00 bits per heavy atom. The maximum atomic E-state index is 12.0. The number of hydrogen-bond acceptors (Lipinski definition) is 3. The summed E-state index contributed by atoms with van der Waals surface area (Å²) in [6.07, 6.45) is 0. The molecular formula is C16H15BrN2O2S. The third-order valence-electron chi connectivity index (χ3n) is 2.84. The lowest BCUT2D eigenvalue weighted by Crippen LogP contribution is -2.45. The summed E-state index contributed by atoms with van der Waals surface area (Å²) in [4.78, 5) is 25.0. The van der Waals surface area contributed by atoms with E-state index >= 15 is 0 Å². The van der Waals surface area contributed by atoms with Gasteiger partial charge in [0.15, 0.2) is 0 Å². The molecule has 0 saturated heterocycles. The largest absolute Gasteiger partial charge is 0.272 e. The highest BCUT2D eigenvalue weighted by molar-refractivity contribution is 9.10. The minimum absolute atomic E-state index is 0.255. The van der Waals surface area contributed by atoms with E-state index in [4.69, 9.17) is 0 Å². The summed E-state index contributed by atoms with van der Waals surface area (Å²) >= 11 is 4.73. The van der Waals surface area contributed by atoms with Crippen molar-refractivity contribution in [3.05, 3.63) is 64.6 Å². The molecule has 0 aromatic heterocycles. The molecule has 114 valence electrons. The van der Waals surface area contributed by atoms with Crippen LogP contribution in [-0.4, -0.2) is 17.1 Å². The molecule has 0 fully saturated rings. The van der Waals surface area contributed by atoms with Gasteiger partial charge in [-0.25, -0.2) is 0 Å². The van der Waals surface area contributed by atoms with Crippen LogP contribution >= 0.6 is 27.7 Å². The van der Waals surface area contributed by atoms with Crippen molar-refractivity contribution in [3.63, 3.8) is 0 Å². The van der Waals surface area contributed by atoms with E-state index in [1.165, 1.54) is 11.8 Å². The Bertz CT molecular complexity index is 664. The van der Waals surface area contributed by atoms with Crippen LogP contribution in [-0.2, 0) is 4.79 Å². The summed E-state index contributed by atoms with van der Waals surface area (Å²) in [5.41, 5.74) is 5.34. The SMILES string of the molecule is C[C@H](Sc1ccccc1)C(=O)NNC(=O)c1ccccc1Br. The number of rotatable bonds is 4.